The highest BCUT2D eigenvalue weighted by atomic mass is 79.9. The molecule has 1 N–H and O–H groups in total. The van der Waals surface area contributed by atoms with Crippen LogP contribution in [0.15, 0.2) is 58.2 Å². The Balaban J connectivity index is 1.63. The van der Waals surface area contributed by atoms with Crippen LogP contribution < -0.4 is 5.32 Å². The first-order chi connectivity index (χ1) is 13.3. The van der Waals surface area contributed by atoms with E-state index in [-0.39, 0.29) is 16.4 Å². The van der Waals surface area contributed by atoms with Crippen LogP contribution in [0.25, 0.3) is 11.0 Å². The van der Waals surface area contributed by atoms with Gasteiger partial charge in [-0.05, 0) is 52.7 Å². The van der Waals surface area contributed by atoms with Crippen LogP contribution in [-0.2, 0) is 16.6 Å². The van der Waals surface area contributed by atoms with Gasteiger partial charge in [0.1, 0.15) is 0 Å². The number of nitrogens with one attached hydrogen (secondary N) is 1. The molecule has 9 heteroatoms. The normalized spacial score (nSPS) is 11.9. The summed E-state index contributed by atoms with van der Waals surface area (Å²) in [7, 11) is -0.692. The minimum atomic E-state index is -3.60. The Hall–Kier alpha value is -2.23. The van der Waals surface area contributed by atoms with E-state index >= 15 is 0 Å². The second-order valence-electron chi connectivity index (χ2n) is 6.47. The quantitative estimate of drug-likeness (QED) is 0.544. The molecule has 3 rings (SSSR count). The van der Waals surface area contributed by atoms with E-state index in [2.05, 4.69) is 26.2 Å². The van der Waals surface area contributed by atoms with Gasteiger partial charge in [0.2, 0.25) is 10.0 Å². The summed E-state index contributed by atoms with van der Waals surface area (Å²) in [6, 6.07) is 12.3. The Morgan fingerprint density at radius 1 is 1.21 bits per heavy atom. The number of rotatable bonds is 7. The van der Waals surface area contributed by atoms with Crippen LogP contribution in [0.5, 0.6) is 0 Å². The van der Waals surface area contributed by atoms with E-state index in [0.717, 1.165) is 28.3 Å². The molecule has 0 spiro atoms. The van der Waals surface area contributed by atoms with E-state index in [1.165, 1.54) is 26.2 Å². The fourth-order valence-electron chi connectivity index (χ4n) is 2.78. The molecule has 0 aliphatic heterocycles. The standard InChI is InChI=1S/C19H21BrN4O3S/c1-23(2)28(26,27)14-8-9-16(20)15(12-14)19(25)21-10-5-11-24-13-22-17-6-3-4-7-18(17)24/h3-4,6-9,12-13H,5,10-11H2,1-2H3,(H,21,25). The summed E-state index contributed by atoms with van der Waals surface area (Å²) in [4.78, 5) is 16.9. The summed E-state index contributed by atoms with van der Waals surface area (Å²) in [5, 5.41) is 2.85. The molecule has 0 aliphatic carbocycles. The van der Waals surface area contributed by atoms with Crippen molar-refractivity contribution in [3.63, 3.8) is 0 Å². The highest BCUT2D eigenvalue weighted by Gasteiger charge is 2.20. The third-order valence-corrected chi connectivity index (χ3v) is 6.85. The lowest BCUT2D eigenvalue weighted by Gasteiger charge is -2.13. The molecule has 0 saturated heterocycles. The molecular formula is C19H21BrN4O3S. The maximum atomic E-state index is 12.5. The highest BCUT2D eigenvalue weighted by molar-refractivity contribution is 9.10. The van der Waals surface area contributed by atoms with Gasteiger partial charge < -0.3 is 9.88 Å². The fraction of sp³-hybridized carbons (Fsp3) is 0.263. The third-order valence-electron chi connectivity index (χ3n) is 4.35. The molecule has 28 heavy (non-hydrogen) atoms. The van der Waals surface area contributed by atoms with Crippen molar-refractivity contribution in [3.05, 3.63) is 58.8 Å². The minimum Gasteiger partial charge on any atom is -0.352 e. The number of aryl methyl sites for hydroxylation is 1. The van der Waals surface area contributed by atoms with Crippen LogP contribution >= 0.6 is 15.9 Å². The SMILES string of the molecule is CN(C)S(=O)(=O)c1ccc(Br)c(C(=O)NCCCn2cnc3ccccc32)c1. The third kappa shape index (κ3) is 4.26. The Morgan fingerprint density at radius 2 is 1.96 bits per heavy atom. The number of para-hydroxylation sites is 2. The molecule has 0 saturated carbocycles. The van der Waals surface area contributed by atoms with Gasteiger partial charge in [0.25, 0.3) is 5.91 Å². The van der Waals surface area contributed by atoms with E-state index < -0.39 is 10.0 Å². The van der Waals surface area contributed by atoms with Crippen LogP contribution in [0.1, 0.15) is 16.8 Å². The molecule has 7 nitrogen and oxygen atoms in total. The average Bonchev–Trinajstić information content (AvgIpc) is 3.08. The Bertz CT molecular complexity index is 1110. The highest BCUT2D eigenvalue weighted by Crippen LogP contribution is 2.22. The zero-order valence-electron chi connectivity index (χ0n) is 15.6. The van der Waals surface area contributed by atoms with Crippen molar-refractivity contribution in [2.24, 2.45) is 0 Å². The summed E-state index contributed by atoms with van der Waals surface area (Å²) < 4.78 is 28.3. The van der Waals surface area contributed by atoms with Crippen LogP contribution in [0.2, 0.25) is 0 Å². The largest absolute Gasteiger partial charge is 0.352 e. The number of hydrogen-bond acceptors (Lipinski definition) is 4. The summed E-state index contributed by atoms with van der Waals surface area (Å²) in [6.07, 6.45) is 2.51. The lowest BCUT2D eigenvalue weighted by molar-refractivity contribution is 0.0952. The van der Waals surface area contributed by atoms with Gasteiger partial charge in [-0.25, -0.2) is 17.7 Å². The molecule has 1 heterocycles. The molecule has 148 valence electrons. The van der Waals surface area contributed by atoms with Gasteiger partial charge in [-0.3, -0.25) is 4.79 Å². The zero-order valence-corrected chi connectivity index (χ0v) is 18.0. The van der Waals surface area contributed by atoms with Gasteiger partial charge >= 0.3 is 0 Å². The first-order valence-corrected chi connectivity index (χ1v) is 10.9. The molecule has 0 bridgehead atoms. The van der Waals surface area contributed by atoms with Crippen LogP contribution in [-0.4, -0.2) is 48.8 Å². The summed E-state index contributed by atoms with van der Waals surface area (Å²) in [6.45, 7) is 1.18. The Morgan fingerprint density at radius 3 is 2.71 bits per heavy atom. The van der Waals surface area contributed by atoms with E-state index in [9.17, 15) is 13.2 Å². The smallest absolute Gasteiger partial charge is 0.252 e. The molecular weight excluding hydrogens is 444 g/mol. The number of aromatic nitrogens is 2. The molecule has 3 aromatic rings. The molecule has 0 fully saturated rings. The zero-order chi connectivity index (χ0) is 20.3. The van der Waals surface area contributed by atoms with Crippen molar-refractivity contribution in [1.82, 2.24) is 19.2 Å². The van der Waals surface area contributed by atoms with Crippen molar-refractivity contribution in [2.75, 3.05) is 20.6 Å². The lowest BCUT2D eigenvalue weighted by atomic mass is 10.2. The summed E-state index contributed by atoms with van der Waals surface area (Å²) in [5.74, 6) is -0.321. The van der Waals surface area contributed by atoms with E-state index in [4.69, 9.17) is 0 Å². The number of imidazole rings is 1. The van der Waals surface area contributed by atoms with Gasteiger partial charge in [-0.1, -0.05) is 12.1 Å². The average molecular weight is 465 g/mol. The van der Waals surface area contributed by atoms with E-state index in [1.54, 1.807) is 12.4 Å². The lowest BCUT2D eigenvalue weighted by Crippen LogP contribution is -2.27. The molecule has 0 radical (unpaired) electrons. The van der Waals surface area contributed by atoms with E-state index in [1.807, 2.05) is 28.8 Å². The Kier molecular flexibility index (Phi) is 6.17. The first kappa shape index (κ1) is 20.5. The van der Waals surface area contributed by atoms with E-state index in [0.29, 0.717) is 11.0 Å². The van der Waals surface area contributed by atoms with Crippen LogP contribution in [0, 0.1) is 0 Å². The van der Waals surface area contributed by atoms with Crippen LogP contribution in [0.3, 0.4) is 0 Å². The van der Waals surface area contributed by atoms with Crippen molar-refractivity contribution in [2.45, 2.75) is 17.9 Å². The second-order valence-corrected chi connectivity index (χ2v) is 9.47. The number of hydrogen-bond donors (Lipinski definition) is 1. The molecule has 0 atom stereocenters. The molecule has 1 amide bonds. The van der Waals surface area contributed by atoms with Gasteiger partial charge in [-0.15, -0.1) is 0 Å². The number of benzene rings is 2. The Labute approximate surface area is 172 Å². The molecule has 0 aliphatic rings. The van der Waals surface area contributed by atoms with Gasteiger partial charge in [-0.2, -0.15) is 0 Å². The fourth-order valence-corrected chi connectivity index (χ4v) is 4.14. The van der Waals surface area contributed by atoms with Crippen molar-refractivity contribution >= 4 is 42.9 Å². The predicted molar refractivity (Wildman–Crippen MR) is 112 cm³/mol. The van der Waals surface area contributed by atoms with Crippen LogP contribution in [0.4, 0.5) is 0 Å². The number of carbonyl (C=O) groups excluding carboxylic acids is 1. The van der Waals surface area contributed by atoms with Crippen molar-refractivity contribution < 1.29 is 13.2 Å². The first-order valence-electron chi connectivity index (χ1n) is 8.71. The number of fused-ring (bicyclic) bond motifs is 1. The van der Waals surface area contributed by atoms with Gasteiger partial charge in [0, 0.05) is 31.7 Å². The summed E-state index contributed by atoms with van der Waals surface area (Å²) in [5.41, 5.74) is 2.28. The topological polar surface area (TPSA) is 84.3 Å². The second kappa shape index (κ2) is 8.42. The molecule has 0 unspecified atom stereocenters. The van der Waals surface area contributed by atoms with Crippen molar-refractivity contribution in [3.8, 4) is 0 Å². The predicted octanol–water partition coefficient (Wildman–Crippen LogP) is 2.87. The number of sulfonamides is 1. The summed E-state index contributed by atoms with van der Waals surface area (Å²) >= 11 is 3.32. The number of amides is 1. The van der Waals surface area contributed by atoms with Crippen molar-refractivity contribution in [1.29, 1.82) is 0 Å². The van der Waals surface area contributed by atoms with Gasteiger partial charge in [0.05, 0.1) is 27.8 Å². The monoisotopic (exact) mass is 464 g/mol. The number of halogens is 1. The molecule has 1 aromatic heterocycles. The maximum absolute atomic E-state index is 12.5. The number of carbonyl (C=O) groups is 1. The van der Waals surface area contributed by atoms with Gasteiger partial charge in [0.15, 0.2) is 0 Å². The molecule has 2 aromatic carbocycles. The maximum Gasteiger partial charge on any atom is 0.252 e. The minimum absolute atomic E-state index is 0.0794. The number of nitrogens with zero attached hydrogens (tertiary/aromatic N) is 3.